The van der Waals surface area contributed by atoms with E-state index in [2.05, 4.69) is 0 Å². The molecule has 2 heterocycles. The van der Waals surface area contributed by atoms with Crippen molar-refractivity contribution < 1.29 is 20.4 Å². The maximum atomic E-state index is 11.2. The fraction of sp³-hybridized carbons (Fsp3) is 0.400. The van der Waals surface area contributed by atoms with Crippen LogP contribution in [0.25, 0.3) is 0 Å². The standard InChI is InChI=1S/C20H26O4P2S2/c21-17-19(23)26(27-28-26,14-12-16-9-5-2-6-10-16)20(24)18(22)25(17)13-11-15-7-3-1-4-8-15/h1-10,17-24H,11-14H2. The second kappa shape index (κ2) is 8.17. The van der Waals surface area contributed by atoms with Crippen LogP contribution in [-0.4, -0.2) is 56.1 Å². The van der Waals surface area contributed by atoms with Gasteiger partial charge in [0.1, 0.15) is 0 Å². The number of hydrogen-bond acceptors (Lipinski definition) is 6. The molecule has 1 spiro atoms. The number of aliphatic hydroxyl groups excluding tert-OH is 4. The Balaban J connectivity index is 1.50. The van der Waals surface area contributed by atoms with Crippen molar-refractivity contribution in [3.8, 4) is 0 Å². The summed E-state index contributed by atoms with van der Waals surface area (Å²) in [7, 11) is 1.78. The summed E-state index contributed by atoms with van der Waals surface area (Å²) in [6.07, 6.45) is 2.67. The third kappa shape index (κ3) is 3.57. The van der Waals surface area contributed by atoms with Gasteiger partial charge in [0.05, 0.1) is 0 Å². The van der Waals surface area contributed by atoms with Gasteiger partial charge in [-0.25, -0.2) is 0 Å². The third-order valence-electron chi connectivity index (χ3n) is 5.86. The molecule has 0 radical (unpaired) electrons. The van der Waals surface area contributed by atoms with Gasteiger partial charge in [-0.05, 0) is 0 Å². The molecule has 2 aromatic carbocycles. The molecule has 4 N–H and O–H groups in total. The Morgan fingerprint density at radius 1 is 0.714 bits per heavy atom. The zero-order valence-electron chi connectivity index (χ0n) is 15.4. The number of rotatable bonds is 6. The first-order valence-electron chi connectivity index (χ1n) is 9.43. The Morgan fingerprint density at radius 2 is 1.18 bits per heavy atom. The van der Waals surface area contributed by atoms with Gasteiger partial charge in [0.25, 0.3) is 0 Å². The molecule has 0 aromatic heterocycles. The molecule has 2 saturated heterocycles. The summed E-state index contributed by atoms with van der Waals surface area (Å²) in [5, 5.41) is 41.2. The van der Waals surface area contributed by atoms with E-state index in [-0.39, 0.29) is 0 Å². The van der Waals surface area contributed by atoms with Crippen LogP contribution in [0.15, 0.2) is 60.7 Å². The predicted molar refractivity (Wildman–Crippen MR) is 123 cm³/mol. The van der Waals surface area contributed by atoms with Gasteiger partial charge in [0, 0.05) is 0 Å². The summed E-state index contributed by atoms with van der Waals surface area (Å²) < 4.78 is 0. The zero-order chi connectivity index (χ0) is 19.8. The van der Waals surface area contributed by atoms with Gasteiger partial charge in [-0.1, -0.05) is 0 Å². The van der Waals surface area contributed by atoms with Crippen molar-refractivity contribution in [2.75, 3.05) is 12.3 Å². The molecule has 4 rings (SSSR count). The Bertz CT molecular complexity index is 786. The maximum absolute atomic E-state index is 11.2. The first-order chi connectivity index (χ1) is 13.5. The minimum atomic E-state index is -3.09. The van der Waals surface area contributed by atoms with E-state index in [0.29, 0.717) is 12.3 Å². The number of benzene rings is 2. The molecular formula is C20H26O4P2S2. The predicted octanol–water partition coefficient (Wildman–Crippen LogP) is 4.02. The average Bonchev–Trinajstić information content (AvgIpc) is 3.49. The molecule has 152 valence electrons. The van der Waals surface area contributed by atoms with Crippen molar-refractivity contribution in [1.29, 1.82) is 0 Å². The van der Waals surface area contributed by atoms with Crippen molar-refractivity contribution in [2.24, 2.45) is 0 Å². The van der Waals surface area contributed by atoms with Gasteiger partial charge in [-0.15, -0.1) is 0 Å². The molecule has 28 heavy (non-hydrogen) atoms. The second-order valence-electron chi connectivity index (χ2n) is 7.50. The Kier molecular flexibility index (Phi) is 6.15. The molecule has 0 amide bonds. The summed E-state index contributed by atoms with van der Waals surface area (Å²) in [5.74, 6) is -3.78. The Labute approximate surface area is 174 Å². The topological polar surface area (TPSA) is 80.9 Å². The molecule has 2 fully saturated rings. The Hall–Kier alpha value is -0.160. The summed E-state index contributed by atoms with van der Waals surface area (Å²) in [4.78, 5) is 0. The van der Waals surface area contributed by atoms with Crippen molar-refractivity contribution in [1.82, 2.24) is 0 Å². The van der Waals surface area contributed by atoms with Gasteiger partial charge >= 0.3 is 175 Å². The summed E-state index contributed by atoms with van der Waals surface area (Å²) >= 11 is 0. The van der Waals surface area contributed by atoms with Crippen molar-refractivity contribution in [3.05, 3.63) is 71.8 Å². The van der Waals surface area contributed by atoms with Crippen molar-refractivity contribution >= 4 is 33.8 Å². The Morgan fingerprint density at radius 3 is 1.64 bits per heavy atom. The van der Waals surface area contributed by atoms with Gasteiger partial charge < -0.3 is 0 Å². The zero-order valence-corrected chi connectivity index (χ0v) is 18.8. The molecule has 2 aromatic rings. The van der Waals surface area contributed by atoms with Crippen LogP contribution in [0, 0.1) is 0 Å². The summed E-state index contributed by atoms with van der Waals surface area (Å²) in [6, 6.07) is 19.9. The SMILES string of the molecule is OC1C(O)P2(CCc3ccccc3)(SS2)C(O)C(O)P1CCc1ccccc1. The van der Waals surface area contributed by atoms with Crippen LogP contribution >= 0.6 is 33.8 Å². The number of hydrogen-bond donors (Lipinski definition) is 4. The molecule has 0 bridgehead atoms. The number of aliphatic hydroxyl groups is 4. The molecular weight excluding hydrogens is 430 g/mol. The van der Waals surface area contributed by atoms with Crippen LogP contribution in [0.1, 0.15) is 11.1 Å². The first kappa shape index (κ1) is 21.1. The summed E-state index contributed by atoms with van der Waals surface area (Å²) in [5.41, 5.74) is 2.29. The van der Waals surface area contributed by atoms with Crippen LogP contribution in [0.2, 0.25) is 0 Å². The van der Waals surface area contributed by atoms with Crippen LogP contribution in [-0.2, 0) is 12.8 Å². The van der Waals surface area contributed by atoms with Gasteiger partial charge in [-0.3, -0.25) is 0 Å². The molecule has 4 atom stereocenters. The van der Waals surface area contributed by atoms with E-state index in [1.54, 1.807) is 0 Å². The average molecular weight is 457 g/mol. The minimum absolute atomic E-state index is 0.594. The van der Waals surface area contributed by atoms with Gasteiger partial charge in [0.15, 0.2) is 0 Å². The molecule has 2 aliphatic heterocycles. The molecule has 0 aliphatic carbocycles. The molecule has 4 unspecified atom stereocenters. The van der Waals surface area contributed by atoms with Gasteiger partial charge in [0.2, 0.25) is 0 Å². The van der Waals surface area contributed by atoms with Crippen LogP contribution < -0.4 is 0 Å². The van der Waals surface area contributed by atoms with Crippen molar-refractivity contribution in [2.45, 2.75) is 36.2 Å². The van der Waals surface area contributed by atoms with Crippen LogP contribution in [0.5, 0.6) is 0 Å². The fourth-order valence-corrected chi connectivity index (χ4v) is 26.0. The molecule has 4 nitrogen and oxygen atoms in total. The summed E-state index contributed by atoms with van der Waals surface area (Å²) in [6.45, 7) is 0. The fourth-order valence-electron chi connectivity index (χ4n) is 3.95. The van der Waals surface area contributed by atoms with Crippen molar-refractivity contribution in [3.63, 3.8) is 0 Å². The van der Waals surface area contributed by atoms with Gasteiger partial charge in [-0.2, -0.15) is 0 Å². The van der Waals surface area contributed by atoms with Crippen LogP contribution in [0.3, 0.4) is 0 Å². The van der Waals surface area contributed by atoms with E-state index in [9.17, 15) is 20.4 Å². The quantitative estimate of drug-likeness (QED) is 0.299. The monoisotopic (exact) mass is 456 g/mol. The van der Waals surface area contributed by atoms with E-state index < -0.39 is 36.3 Å². The third-order valence-corrected chi connectivity index (χ3v) is 25.7. The first-order valence-corrected chi connectivity index (χ1v) is 17.0. The molecule has 2 aliphatic rings. The van der Waals surface area contributed by atoms with Crippen LogP contribution in [0.4, 0.5) is 0 Å². The molecule has 0 saturated carbocycles. The normalized spacial score (nSPS) is 34.4. The van der Waals surface area contributed by atoms with E-state index in [1.807, 2.05) is 60.7 Å². The van der Waals surface area contributed by atoms with E-state index in [0.717, 1.165) is 24.0 Å². The van der Waals surface area contributed by atoms with E-state index in [1.165, 1.54) is 20.8 Å². The van der Waals surface area contributed by atoms with E-state index in [4.69, 9.17) is 0 Å². The second-order valence-corrected chi connectivity index (χ2v) is 23.8. The number of aryl methyl sites for hydroxylation is 2. The van der Waals surface area contributed by atoms with E-state index >= 15 is 0 Å². The molecule has 8 heteroatoms.